The van der Waals surface area contributed by atoms with Gasteiger partial charge < -0.3 is 28.5 Å². The second kappa shape index (κ2) is 36.7. The fourth-order valence-electron chi connectivity index (χ4n) is 5.76. The molecule has 0 fully saturated rings. The maximum Gasteiger partial charge on any atom is 0.361 e. The Balaban J connectivity index is 4.50. The fraction of sp³-hybridized carbons (Fsp3) is 0.841. The van der Waals surface area contributed by atoms with Crippen LogP contribution in [0.25, 0.3) is 0 Å². The van der Waals surface area contributed by atoms with Crippen molar-refractivity contribution in [1.82, 2.24) is 0 Å². The van der Waals surface area contributed by atoms with E-state index in [-0.39, 0.29) is 32.2 Å². The minimum atomic E-state index is -1.51. The van der Waals surface area contributed by atoms with Crippen LogP contribution in [0.1, 0.15) is 181 Å². The molecule has 0 heterocycles. The van der Waals surface area contributed by atoms with E-state index in [1.165, 1.54) is 77.0 Å². The minimum absolute atomic E-state index is 0.186. The first kappa shape index (κ1) is 50.8. The molecule has 310 valence electrons. The third kappa shape index (κ3) is 37.9. The zero-order valence-corrected chi connectivity index (χ0v) is 34.9. The van der Waals surface area contributed by atoms with Crippen molar-refractivity contribution in [3.63, 3.8) is 0 Å². The number of nitrogens with zero attached hydrogens (tertiary/aromatic N) is 1. The van der Waals surface area contributed by atoms with Crippen molar-refractivity contribution < 1.29 is 42.9 Å². The average molecular weight is 753 g/mol. The van der Waals surface area contributed by atoms with Crippen LogP contribution in [-0.4, -0.2) is 87.4 Å². The molecule has 0 saturated heterocycles. The lowest BCUT2D eigenvalue weighted by Crippen LogP contribution is -2.40. The molecule has 0 rings (SSSR count). The van der Waals surface area contributed by atoms with Crippen LogP contribution < -0.4 is 0 Å². The van der Waals surface area contributed by atoms with Gasteiger partial charge >= 0.3 is 17.9 Å². The van der Waals surface area contributed by atoms with Crippen LogP contribution in [0.15, 0.2) is 24.3 Å². The van der Waals surface area contributed by atoms with Gasteiger partial charge in [-0.15, -0.1) is 0 Å². The van der Waals surface area contributed by atoms with Crippen LogP contribution in [0.4, 0.5) is 0 Å². The number of hydrogen-bond acceptors (Lipinski definition) is 7. The summed E-state index contributed by atoms with van der Waals surface area (Å²) in [5.74, 6) is -2.03. The SMILES string of the molecule is CCCCCCC/C=C\CCCCCCCC(=O)OCC(COC(OCC[N+](C)(C)C)C(=O)O)OC(=O)CCCCCCC/C=C\CCCCCCC. The number of carboxylic acids is 1. The molecule has 2 atom stereocenters. The summed E-state index contributed by atoms with van der Waals surface area (Å²) in [5.41, 5.74) is 0. The van der Waals surface area contributed by atoms with Crippen molar-refractivity contribution >= 4 is 17.9 Å². The van der Waals surface area contributed by atoms with Gasteiger partial charge in [0.1, 0.15) is 13.2 Å². The highest BCUT2D eigenvalue weighted by Gasteiger charge is 2.25. The molecule has 0 aromatic carbocycles. The van der Waals surface area contributed by atoms with Gasteiger partial charge in [-0.3, -0.25) is 9.59 Å². The summed E-state index contributed by atoms with van der Waals surface area (Å²) in [6.45, 7) is 4.83. The normalized spacial score (nSPS) is 13.2. The third-order valence-electron chi connectivity index (χ3n) is 9.18. The Morgan fingerprint density at radius 2 is 0.962 bits per heavy atom. The van der Waals surface area contributed by atoms with Crippen LogP contribution in [0, 0.1) is 0 Å². The van der Waals surface area contributed by atoms with E-state index in [1.54, 1.807) is 0 Å². The molecule has 9 nitrogen and oxygen atoms in total. The molecule has 1 N–H and O–H groups in total. The molecule has 0 aliphatic carbocycles. The number of carboxylic acid groups (broad SMARTS) is 1. The fourth-order valence-corrected chi connectivity index (χ4v) is 5.76. The van der Waals surface area contributed by atoms with Gasteiger partial charge in [-0.1, -0.05) is 128 Å². The molecule has 0 radical (unpaired) electrons. The molecular formula is C44H82NO8+. The van der Waals surface area contributed by atoms with Crippen LogP contribution in [0.2, 0.25) is 0 Å². The van der Waals surface area contributed by atoms with Gasteiger partial charge in [0.2, 0.25) is 0 Å². The number of esters is 2. The first-order chi connectivity index (χ1) is 25.6. The summed E-state index contributed by atoms with van der Waals surface area (Å²) in [5, 5.41) is 9.61. The van der Waals surface area contributed by atoms with E-state index in [2.05, 4.69) is 38.2 Å². The summed E-state index contributed by atoms with van der Waals surface area (Å²) in [6, 6.07) is 0. The van der Waals surface area contributed by atoms with Crippen molar-refractivity contribution in [2.75, 3.05) is 47.5 Å². The molecule has 0 spiro atoms. The number of hydrogen-bond donors (Lipinski definition) is 1. The molecule has 0 bridgehead atoms. The molecular weight excluding hydrogens is 670 g/mol. The largest absolute Gasteiger partial charge is 0.477 e. The number of rotatable bonds is 39. The molecule has 0 amide bonds. The van der Waals surface area contributed by atoms with Crippen molar-refractivity contribution in [2.24, 2.45) is 0 Å². The monoisotopic (exact) mass is 753 g/mol. The van der Waals surface area contributed by atoms with Crippen molar-refractivity contribution in [2.45, 2.75) is 193 Å². The summed E-state index contributed by atoms with van der Waals surface area (Å²) < 4.78 is 22.7. The van der Waals surface area contributed by atoms with E-state index >= 15 is 0 Å². The van der Waals surface area contributed by atoms with Gasteiger partial charge in [-0.25, -0.2) is 4.79 Å². The topological polar surface area (TPSA) is 108 Å². The molecule has 0 aliphatic rings. The van der Waals surface area contributed by atoms with Gasteiger partial charge in [-0.05, 0) is 64.2 Å². The molecule has 53 heavy (non-hydrogen) atoms. The zero-order valence-electron chi connectivity index (χ0n) is 34.9. The molecule has 0 saturated carbocycles. The number of aliphatic carboxylic acids is 1. The van der Waals surface area contributed by atoms with Crippen LogP contribution >= 0.6 is 0 Å². The Labute approximate surface area is 325 Å². The molecule has 0 aromatic rings. The number of ether oxygens (including phenoxy) is 4. The maximum atomic E-state index is 12.7. The lowest BCUT2D eigenvalue weighted by Gasteiger charge is -2.25. The summed E-state index contributed by atoms with van der Waals surface area (Å²) in [4.78, 5) is 37.0. The average Bonchev–Trinajstić information content (AvgIpc) is 3.11. The molecule has 0 aliphatic heterocycles. The van der Waals surface area contributed by atoms with Crippen LogP contribution in [-0.2, 0) is 33.3 Å². The quantitative estimate of drug-likeness (QED) is 0.0217. The highest BCUT2D eigenvalue weighted by Crippen LogP contribution is 2.13. The predicted molar refractivity (Wildman–Crippen MR) is 217 cm³/mol. The number of carbonyl (C=O) groups excluding carboxylic acids is 2. The van der Waals surface area contributed by atoms with Gasteiger partial charge in [0.05, 0.1) is 34.4 Å². The smallest absolute Gasteiger partial charge is 0.361 e. The zero-order chi connectivity index (χ0) is 39.3. The third-order valence-corrected chi connectivity index (χ3v) is 9.18. The number of likely N-dealkylation sites (N-methyl/N-ethyl adjacent to an activating group) is 1. The predicted octanol–water partition coefficient (Wildman–Crippen LogP) is 10.9. The lowest BCUT2D eigenvalue weighted by atomic mass is 10.1. The van der Waals surface area contributed by atoms with E-state index in [0.717, 1.165) is 70.6 Å². The number of carbonyl (C=O) groups is 3. The van der Waals surface area contributed by atoms with Crippen LogP contribution in [0.3, 0.4) is 0 Å². The second-order valence-corrected chi connectivity index (χ2v) is 15.6. The summed E-state index contributed by atoms with van der Waals surface area (Å²) in [7, 11) is 5.94. The van der Waals surface area contributed by atoms with E-state index < -0.39 is 24.3 Å². The Hall–Kier alpha value is -2.23. The first-order valence-electron chi connectivity index (χ1n) is 21.5. The van der Waals surface area contributed by atoms with E-state index in [4.69, 9.17) is 18.9 Å². The van der Waals surface area contributed by atoms with Crippen molar-refractivity contribution in [3.8, 4) is 0 Å². The molecule has 9 heteroatoms. The summed E-state index contributed by atoms with van der Waals surface area (Å²) >= 11 is 0. The first-order valence-corrected chi connectivity index (χ1v) is 21.5. The highest BCUT2D eigenvalue weighted by molar-refractivity contribution is 5.71. The van der Waals surface area contributed by atoms with Crippen molar-refractivity contribution in [1.29, 1.82) is 0 Å². The molecule has 0 aromatic heterocycles. The van der Waals surface area contributed by atoms with Crippen LogP contribution in [0.5, 0.6) is 0 Å². The Bertz CT molecular complexity index is 929. The highest BCUT2D eigenvalue weighted by atomic mass is 16.7. The van der Waals surface area contributed by atoms with Crippen molar-refractivity contribution in [3.05, 3.63) is 24.3 Å². The minimum Gasteiger partial charge on any atom is -0.477 e. The van der Waals surface area contributed by atoms with E-state index in [1.807, 2.05) is 21.1 Å². The number of unbranched alkanes of at least 4 members (excludes halogenated alkanes) is 20. The van der Waals surface area contributed by atoms with E-state index in [9.17, 15) is 19.5 Å². The number of quaternary nitrogens is 1. The maximum absolute atomic E-state index is 12.7. The van der Waals surface area contributed by atoms with Gasteiger partial charge in [-0.2, -0.15) is 0 Å². The van der Waals surface area contributed by atoms with E-state index in [0.29, 0.717) is 23.9 Å². The Morgan fingerprint density at radius 1 is 0.547 bits per heavy atom. The Kier molecular flexibility index (Phi) is 35.2. The summed E-state index contributed by atoms with van der Waals surface area (Å²) in [6.07, 6.45) is 35.1. The van der Waals surface area contributed by atoms with Gasteiger partial charge in [0.15, 0.2) is 6.10 Å². The second-order valence-electron chi connectivity index (χ2n) is 15.6. The lowest BCUT2D eigenvalue weighted by molar-refractivity contribution is -0.870. The van der Waals surface area contributed by atoms with Gasteiger partial charge in [0, 0.05) is 12.8 Å². The molecule has 2 unspecified atom stereocenters. The van der Waals surface area contributed by atoms with Gasteiger partial charge in [0.25, 0.3) is 6.29 Å². The number of allylic oxidation sites excluding steroid dienone is 4. The Morgan fingerprint density at radius 3 is 1.40 bits per heavy atom. The standard InChI is InChI=1S/C44H81NO8/c1-6-8-10-12-14-16-18-20-22-24-26-28-30-32-34-41(46)51-38-40(39-52-44(43(48)49)50-37-36-45(3,4)5)53-42(47)35-33-31-29-27-25-23-21-19-17-15-13-11-9-7-2/h18-21,40,44H,6-17,22-39H2,1-5H3/p+1/b20-18-,21-19-.